The number of rotatable bonds is 2. The zero-order valence-corrected chi connectivity index (χ0v) is 13.2. The third-order valence-electron chi connectivity index (χ3n) is 2.12. The topological polar surface area (TPSA) is 61.1 Å². The first-order chi connectivity index (χ1) is 8.31. The Hall–Kier alpha value is -1.21. The van der Waals surface area contributed by atoms with Crippen molar-refractivity contribution in [1.82, 2.24) is 4.98 Å². The fourth-order valence-electron chi connectivity index (χ4n) is 1.34. The van der Waals surface area contributed by atoms with Gasteiger partial charge in [0.15, 0.2) is 10.0 Å². The molecule has 0 N–H and O–H groups in total. The normalized spacial score (nSPS) is 11.9. The Kier molecular flexibility index (Phi) is 4.52. The molecule has 1 heterocycles. The van der Waals surface area contributed by atoms with Crippen molar-refractivity contribution in [3.8, 4) is 0 Å². The van der Waals surface area contributed by atoms with Crippen molar-refractivity contribution in [2.75, 3.05) is 0 Å². The van der Waals surface area contributed by atoms with Crippen LogP contribution in [0, 0.1) is 0 Å². The Morgan fingerprint density at radius 2 is 1.74 bits per heavy atom. The summed E-state index contributed by atoms with van der Waals surface area (Å²) < 4.78 is 61.3. The van der Waals surface area contributed by atoms with Gasteiger partial charge in [0.2, 0.25) is 0 Å². The number of sulfonamides is 1. The van der Waals surface area contributed by atoms with Crippen molar-refractivity contribution in [3.63, 3.8) is 0 Å². The number of hydrogen-bond donors (Lipinski definition) is 0. The average Bonchev–Trinajstić information content (AvgIpc) is 2.27. The molecule has 2 rings (SSSR count). The minimum Gasteiger partial charge on any atom is -0.568 e. The summed E-state index contributed by atoms with van der Waals surface area (Å²) in [6.45, 7) is 0. The molecule has 0 spiro atoms. The van der Waals surface area contributed by atoms with Gasteiger partial charge < -0.3 is 4.72 Å². The van der Waals surface area contributed by atoms with E-state index in [9.17, 15) is 21.6 Å². The van der Waals surface area contributed by atoms with Crippen LogP contribution in [0.5, 0.6) is 0 Å². The molecular weight excluding hydrogens is 335 g/mol. The minimum absolute atomic E-state index is 0. The molecule has 0 aliphatic heterocycles. The first-order valence-corrected chi connectivity index (χ1v) is 6.13. The van der Waals surface area contributed by atoms with Gasteiger partial charge in [-0.05, 0) is 11.5 Å². The van der Waals surface area contributed by atoms with Crippen LogP contribution in [0.25, 0.3) is 15.6 Å². The van der Waals surface area contributed by atoms with Crippen molar-refractivity contribution < 1.29 is 41.1 Å². The molecule has 0 radical (unpaired) electrons. The fraction of sp³-hybridized carbons (Fsp3) is 0.100. The van der Waals surface area contributed by atoms with Crippen LogP contribution in [0.15, 0.2) is 36.5 Å². The van der Waals surface area contributed by atoms with Crippen molar-refractivity contribution in [2.24, 2.45) is 0 Å². The van der Waals surface area contributed by atoms with E-state index in [-0.39, 0.29) is 30.7 Å². The summed E-state index contributed by atoms with van der Waals surface area (Å²) in [5.41, 5.74) is -5.64. The quantitative estimate of drug-likeness (QED) is 0.789. The molecule has 4 nitrogen and oxygen atoms in total. The summed E-state index contributed by atoms with van der Waals surface area (Å²) >= 11 is 0. The Morgan fingerprint density at radius 3 is 2.37 bits per heavy atom. The fourth-order valence-corrected chi connectivity index (χ4v) is 1.85. The molecular formula is C10H6F3N2O2SZn-. The molecule has 0 aliphatic carbocycles. The second-order valence-corrected chi connectivity index (χ2v) is 4.96. The van der Waals surface area contributed by atoms with Crippen LogP contribution >= 0.6 is 0 Å². The maximum absolute atomic E-state index is 12.2. The molecule has 19 heavy (non-hydrogen) atoms. The van der Waals surface area contributed by atoms with E-state index in [4.69, 9.17) is 0 Å². The number of nitrogens with zero attached hydrogens (tertiary/aromatic N) is 2. The predicted molar refractivity (Wildman–Crippen MR) is 59.7 cm³/mol. The first kappa shape index (κ1) is 15.8. The standard InChI is InChI=1S/C10H6F3N2O2S.Zn/c11-10(12,13)18(16,17)15-8-5-1-3-7-4-2-6-14-9(7)8;/h1-6H;/q-1;. The summed E-state index contributed by atoms with van der Waals surface area (Å²) in [7, 11) is -5.56. The monoisotopic (exact) mass is 339 g/mol. The summed E-state index contributed by atoms with van der Waals surface area (Å²) in [5, 5.41) is 0.510. The molecule has 2 aromatic rings. The number of para-hydroxylation sites is 1. The van der Waals surface area contributed by atoms with Gasteiger partial charge in [-0.1, -0.05) is 24.3 Å². The zero-order valence-electron chi connectivity index (χ0n) is 9.42. The largest absolute Gasteiger partial charge is 0.568 e. The number of pyridine rings is 1. The Morgan fingerprint density at radius 1 is 1.11 bits per heavy atom. The van der Waals surface area contributed by atoms with E-state index in [1.165, 1.54) is 18.3 Å². The Labute approximate surface area is 119 Å². The smallest absolute Gasteiger partial charge is 0.483 e. The zero-order chi connectivity index (χ0) is 13.4. The first-order valence-electron chi connectivity index (χ1n) is 4.69. The number of benzene rings is 1. The van der Waals surface area contributed by atoms with Crippen LogP contribution < -0.4 is 0 Å². The SMILES string of the molecule is O=S(=O)([N-]c1cccc2cccnc12)C(F)(F)F.[Zn]. The molecule has 0 unspecified atom stereocenters. The number of halogens is 3. The van der Waals surface area contributed by atoms with Crippen LogP contribution in [-0.4, -0.2) is 18.9 Å². The average molecular weight is 341 g/mol. The number of fused-ring (bicyclic) bond motifs is 1. The van der Waals surface area contributed by atoms with Gasteiger partial charge in [0.1, 0.15) is 0 Å². The van der Waals surface area contributed by atoms with E-state index in [1.54, 1.807) is 18.2 Å². The summed E-state index contributed by atoms with van der Waals surface area (Å²) in [6.07, 6.45) is 1.35. The third kappa shape index (κ3) is 3.22. The summed E-state index contributed by atoms with van der Waals surface area (Å²) in [6, 6.07) is 7.36. The van der Waals surface area contributed by atoms with E-state index in [2.05, 4.69) is 9.71 Å². The molecule has 0 saturated carbocycles. The molecule has 0 fully saturated rings. The molecule has 0 atom stereocenters. The van der Waals surface area contributed by atoms with E-state index in [1.807, 2.05) is 0 Å². The van der Waals surface area contributed by atoms with Crippen LogP contribution in [0.4, 0.5) is 18.9 Å². The van der Waals surface area contributed by atoms with Gasteiger partial charge in [0.05, 0.1) is 5.52 Å². The number of alkyl halides is 3. The molecule has 1 aromatic heterocycles. The molecule has 0 aliphatic rings. The van der Waals surface area contributed by atoms with Gasteiger partial charge in [-0.15, -0.1) is 5.69 Å². The molecule has 9 heteroatoms. The van der Waals surface area contributed by atoms with E-state index < -0.39 is 15.5 Å². The van der Waals surface area contributed by atoms with Gasteiger partial charge in [0, 0.05) is 25.7 Å². The van der Waals surface area contributed by atoms with Gasteiger partial charge in [-0.2, -0.15) is 13.2 Å². The van der Waals surface area contributed by atoms with Gasteiger partial charge in [-0.3, -0.25) is 4.98 Å². The summed E-state index contributed by atoms with van der Waals surface area (Å²) in [5.74, 6) is 0. The molecule has 1 aromatic carbocycles. The Balaban J connectivity index is 0.00000180. The van der Waals surface area contributed by atoms with Gasteiger partial charge in [-0.25, -0.2) is 8.42 Å². The third-order valence-corrected chi connectivity index (χ3v) is 3.14. The second-order valence-electron chi connectivity index (χ2n) is 3.36. The van der Waals surface area contributed by atoms with E-state index >= 15 is 0 Å². The maximum atomic E-state index is 12.2. The molecule has 0 amide bonds. The van der Waals surface area contributed by atoms with Crippen molar-refractivity contribution >= 4 is 26.6 Å². The van der Waals surface area contributed by atoms with Crippen LogP contribution in [0.2, 0.25) is 0 Å². The van der Waals surface area contributed by atoms with Gasteiger partial charge >= 0.3 is 5.51 Å². The summed E-state index contributed by atoms with van der Waals surface area (Å²) in [4.78, 5) is 3.82. The Bertz CT molecular complexity index is 683. The van der Waals surface area contributed by atoms with E-state index in [0.29, 0.717) is 5.39 Å². The van der Waals surface area contributed by atoms with Crippen LogP contribution in [0.3, 0.4) is 0 Å². The van der Waals surface area contributed by atoms with Crippen LogP contribution in [-0.2, 0) is 29.5 Å². The van der Waals surface area contributed by atoms with Crippen molar-refractivity contribution in [2.45, 2.75) is 5.51 Å². The number of aromatic nitrogens is 1. The maximum Gasteiger partial charge on any atom is 0.483 e. The van der Waals surface area contributed by atoms with E-state index in [0.717, 1.165) is 0 Å². The van der Waals surface area contributed by atoms with Gasteiger partial charge in [0.25, 0.3) is 0 Å². The molecule has 0 bridgehead atoms. The second kappa shape index (κ2) is 5.42. The minimum atomic E-state index is -5.56. The van der Waals surface area contributed by atoms with Crippen molar-refractivity contribution in [1.29, 1.82) is 0 Å². The van der Waals surface area contributed by atoms with Crippen molar-refractivity contribution in [3.05, 3.63) is 41.3 Å². The predicted octanol–water partition coefficient (Wildman–Crippen LogP) is 3.09. The molecule has 98 valence electrons. The van der Waals surface area contributed by atoms with Crippen LogP contribution in [0.1, 0.15) is 0 Å². The molecule has 0 saturated heterocycles. The number of hydrogen-bond acceptors (Lipinski definition) is 3.